The highest BCUT2D eigenvalue weighted by Crippen LogP contribution is 2.25. The van der Waals surface area contributed by atoms with Crippen LogP contribution in [-0.2, 0) is 14.6 Å². The van der Waals surface area contributed by atoms with Gasteiger partial charge in [0.15, 0.2) is 9.84 Å². The number of amides is 1. The van der Waals surface area contributed by atoms with Gasteiger partial charge < -0.3 is 10.6 Å². The van der Waals surface area contributed by atoms with E-state index in [0.717, 1.165) is 51.7 Å². The van der Waals surface area contributed by atoms with E-state index in [4.69, 9.17) is 5.73 Å². The van der Waals surface area contributed by atoms with Crippen LogP contribution in [0.2, 0.25) is 0 Å². The Kier molecular flexibility index (Phi) is 5.43. The van der Waals surface area contributed by atoms with Crippen LogP contribution in [0.3, 0.4) is 0 Å². The van der Waals surface area contributed by atoms with Crippen LogP contribution >= 0.6 is 0 Å². The summed E-state index contributed by atoms with van der Waals surface area (Å²) in [6.45, 7) is 3.16. The SMILES string of the molecule is NC(=O)CCC1CCN(CCC2CCS(=O)(=O)C2)CC1. The fourth-order valence-corrected chi connectivity index (χ4v) is 5.22. The van der Waals surface area contributed by atoms with Gasteiger partial charge in [-0.2, -0.15) is 0 Å². The van der Waals surface area contributed by atoms with Crippen molar-refractivity contribution in [3.05, 3.63) is 0 Å². The second-order valence-electron chi connectivity index (χ2n) is 6.35. The molecule has 0 bridgehead atoms. The fraction of sp³-hybridized carbons (Fsp3) is 0.929. The van der Waals surface area contributed by atoms with E-state index in [9.17, 15) is 13.2 Å². The average molecular weight is 302 g/mol. The molecule has 0 aromatic rings. The van der Waals surface area contributed by atoms with Gasteiger partial charge in [-0.3, -0.25) is 4.79 Å². The predicted octanol–water partition coefficient (Wildman–Crippen LogP) is 0.789. The van der Waals surface area contributed by atoms with Crippen molar-refractivity contribution < 1.29 is 13.2 Å². The predicted molar refractivity (Wildman–Crippen MR) is 79.0 cm³/mol. The Balaban J connectivity index is 1.61. The first-order valence-electron chi connectivity index (χ1n) is 7.66. The summed E-state index contributed by atoms with van der Waals surface area (Å²) in [6, 6.07) is 0. The van der Waals surface area contributed by atoms with Crippen LogP contribution in [0.15, 0.2) is 0 Å². The summed E-state index contributed by atoms with van der Waals surface area (Å²) in [4.78, 5) is 13.2. The first kappa shape index (κ1) is 15.8. The zero-order valence-corrected chi connectivity index (χ0v) is 12.9. The molecule has 2 N–H and O–H groups in total. The summed E-state index contributed by atoms with van der Waals surface area (Å²) >= 11 is 0. The number of hydrogen-bond donors (Lipinski definition) is 1. The maximum Gasteiger partial charge on any atom is 0.217 e. The van der Waals surface area contributed by atoms with Gasteiger partial charge >= 0.3 is 0 Å². The lowest BCUT2D eigenvalue weighted by atomic mass is 9.91. The van der Waals surface area contributed by atoms with Crippen LogP contribution in [-0.4, -0.2) is 50.4 Å². The molecule has 1 atom stereocenters. The minimum absolute atomic E-state index is 0.199. The third kappa shape index (κ3) is 5.05. The monoisotopic (exact) mass is 302 g/mol. The molecule has 2 saturated heterocycles. The van der Waals surface area contributed by atoms with Crippen molar-refractivity contribution >= 4 is 15.7 Å². The van der Waals surface area contributed by atoms with Crippen molar-refractivity contribution in [3.8, 4) is 0 Å². The van der Waals surface area contributed by atoms with Crippen molar-refractivity contribution in [2.24, 2.45) is 17.6 Å². The summed E-state index contributed by atoms with van der Waals surface area (Å²) in [5, 5.41) is 0. The topological polar surface area (TPSA) is 80.5 Å². The van der Waals surface area contributed by atoms with Crippen molar-refractivity contribution in [1.29, 1.82) is 0 Å². The number of carbonyl (C=O) groups is 1. The minimum Gasteiger partial charge on any atom is -0.370 e. The maximum absolute atomic E-state index is 11.4. The molecule has 0 aromatic carbocycles. The van der Waals surface area contributed by atoms with Gasteiger partial charge in [0, 0.05) is 6.42 Å². The van der Waals surface area contributed by atoms with E-state index < -0.39 is 9.84 Å². The molecule has 0 aliphatic carbocycles. The van der Waals surface area contributed by atoms with Gasteiger partial charge in [-0.05, 0) is 63.6 Å². The van der Waals surface area contributed by atoms with E-state index in [0.29, 0.717) is 29.8 Å². The van der Waals surface area contributed by atoms with Crippen molar-refractivity contribution in [2.75, 3.05) is 31.1 Å². The Morgan fingerprint density at radius 2 is 1.80 bits per heavy atom. The van der Waals surface area contributed by atoms with Crippen LogP contribution in [0, 0.1) is 11.8 Å². The smallest absolute Gasteiger partial charge is 0.217 e. The van der Waals surface area contributed by atoms with E-state index in [1.54, 1.807) is 0 Å². The lowest BCUT2D eigenvalue weighted by Gasteiger charge is -2.32. The Bertz CT molecular complexity index is 428. The van der Waals surface area contributed by atoms with Crippen molar-refractivity contribution in [2.45, 2.75) is 38.5 Å². The molecule has 116 valence electrons. The van der Waals surface area contributed by atoms with Gasteiger partial charge in [0.1, 0.15) is 0 Å². The number of sulfone groups is 1. The summed E-state index contributed by atoms with van der Waals surface area (Å²) < 4.78 is 22.8. The van der Waals surface area contributed by atoms with E-state index in [-0.39, 0.29) is 5.91 Å². The lowest BCUT2D eigenvalue weighted by Crippen LogP contribution is -2.35. The highest BCUT2D eigenvalue weighted by molar-refractivity contribution is 7.91. The number of nitrogens with zero attached hydrogens (tertiary/aromatic N) is 1. The Labute approximate surface area is 121 Å². The fourth-order valence-electron chi connectivity index (χ4n) is 3.31. The van der Waals surface area contributed by atoms with E-state index in [1.165, 1.54) is 0 Å². The Morgan fingerprint density at radius 3 is 2.35 bits per heavy atom. The summed E-state index contributed by atoms with van der Waals surface area (Å²) in [5.74, 6) is 1.57. The summed E-state index contributed by atoms with van der Waals surface area (Å²) in [6.07, 6.45) is 5.55. The summed E-state index contributed by atoms with van der Waals surface area (Å²) in [5.41, 5.74) is 5.18. The molecule has 5 nitrogen and oxygen atoms in total. The zero-order valence-electron chi connectivity index (χ0n) is 12.1. The van der Waals surface area contributed by atoms with Crippen LogP contribution in [0.4, 0.5) is 0 Å². The number of piperidine rings is 1. The highest BCUT2D eigenvalue weighted by Gasteiger charge is 2.28. The van der Waals surface area contributed by atoms with Gasteiger partial charge in [0.2, 0.25) is 5.91 Å². The van der Waals surface area contributed by atoms with Gasteiger partial charge in [-0.15, -0.1) is 0 Å². The van der Waals surface area contributed by atoms with E-state index >= 15 is 0 Å². The number of rotatable bonds is 6. The molecule has 2 heterocycles. The normalized spacial score (nSPS) is 27.7. The largest absolute Gasteiger partial charge is 0.370 e. The molecule has 2 fully saturated rings. The highest BCUT2D eigenvalue weighted by atomic mass is 32.2. The van der Waals surface area contributed by atoms with Crippen molar-refractivity contribution in [1.82, 2.24) is 4.90 Å². The second-order valence-corrected chi connectivity index (χ2v) is 8.58. The van der Waals surface area contributed by atoms with Gasteiger partial charge in [-0.25, -0.2) is 8.42 Å². The minimum atomic E-state index is -2.73. The molecule has 2 aliphatic heterocycles. The third-order valence-corrected chi connectivity index (χ3v) is 6.52. The van der Waals surface area contributed by atoms with Crippen molar-refractivity contribution in [3.63, 3.8) is 0 Å². The second kappa shape index (κ2) is 6.89. The van der Waals surface area contributed by atoms with Gasteiger partial charge in [0.25, 0.3) is 0 Å². The number of likely N-dealkylation sites (tertiary alicyclic amines) is 1. The molecular formula is C14H26N2O3S. The van der Waals surface area contributed by atoms with Crippen LogP contribution in [0.1, 0.15) is 38.5 Å². The third-order valence-electron chi connectivity index (χ3n) is 4.69. The molecule has 2 rings (SSSR count). The van der Waals surface area contributed by atoms with E-state index in [1.807, 2.05) is 0 Å². The maximum atomic E-state index is 11.4. The van der Waals surface area contributed by atoms with Gasteiger partial charge in [0.05, 0.1) is 11.5 Å². The number of hydrogen-bond acceptors (Lipinski definition) is 4. The molecule has 20 heavy (non-hydrogen) atoms. The van der Waals surface area contributed by atoms with Crippen LogP contribution in [0.25, 0.3) is 0 Å². The molecule has 0 spiro atoms. The van der Waals surface area contributed by atoms with Crippen LogP contribution in [0.5, 0.6) is 0 Å². The average Bonchev–Trinajstić information content (AvgIpc) is 2.75. The van der Waals surface area contributed by atoms with E-state index in [2.05, 4.69) is 4.90 Å². The van der Waals surface area contributed by atoms with Crippen LogP contribution < -0.4 is 5.73 Å². The first-order chi connectivity index (χ1) is 9.44. The molecule has 1 unspecified atom stereocenters. The van der Waals surface area contributed by atoms with Gasteiger partial charge in [-0.1, -0.05) is 0 Å². The molecular weight excluding hydrogens is 276 g/mol. The quantitative estimate of drug-likeness (QED) is 0.786. The Morgan fingerprint density at radius 1 is 1.10 bits per heavy atom. The Hall–Kier alpha value is -0.620. The lowest BCUT2D eigenvalue weighted by molar-refractivity contribution is -0.118. The molecule has 0 aromatic heterocycles. The molecule has 1 amide bonds. The number of nitrogens with two attached hydrogens (primary N) is 1. The zero-order chi connectivity index (χ0) is 14.6. The molecule has 6 heteroatoms. The molecule has 2 aliphatic rings. The molecule has 0 saturated carbocycles. The first-order valence-corrected chi connectivity index (χ1v) is 9.48. The number of carbonyl (C=O) groups excluding carboxylic acids is 1. The number of primary amides is 1. The standard InChI is InChI=1S/C14H26N2O3S/c15-14(17)2-1-12-3-7-16(8-4-12)9-5-13-6-10-20(18,19)11-13/h12-13H,1-11H2,(H2,15,17). The molecule has 0 radical (unpaired) electrons. The summed E-state index contributed by atoms with van der Waals surface area (Å²) in [7, 11) is -2.73.